The molecule has 19 heavy (non-hydrogen) atoms. The number of halogens is 1. The molecule has 0 aliphatic carbocycles. The minimum absolute atomic E-state index is 0.00293. The van der Waals surface area contributed by atoms with Crippen molar-refractivity contribution >= 4 is 11.6 Å². The summed E-state index contributed by atoms with van der Waals surface area (Å²) in [5.74, 6) is -0.700. The fourth-order valence-corrected chi connectivity index (χ4v) is 1.58. The van der Waals surface area contributed by atoms with Crippen molar-refractivity contribution in [1.82, 2.24) is 15.0 Å². The predicted octanol–water partition coefficient (Wildman–Crippen LogP) is 0.823. The van der Waals surface area contributed by atoms with Crippen LogP contribution in [0.4, 0.5) is 10.1 Å². The van der Waals surface area contributed by atoms with Gasteiger partial charge in [0.25, 0.3) is 0 Å². The number of anilines is 1. The SMILES string of the molecule is Cc1ccc(F)cc1NC(=O)Cn1cc(CN)nn1. The predicted molar refractivity (Wildman–Crippen MR) is 67.7 cm³/mol. The van der Waals surface area contributed by atoms with E-state index in [1.807, 2.05) is 0 Å². The van der Waals surface area contributed by atoms with E-state index in [4.69, 9.17) is 5.73 Å². The first-order chi connectivity index (χ1) is 9.08. The number of hydrogen-bond acceptors (Lipinski definition) is 4. The van der Waals surface area contributed by atoms with Gasteiger partial charge in [0.2, 0.25) is 5.91 Å². The van der Waals surface area contributed by atoms with Crippen molar-refractivity contribution in [1.29, 1.82) is 0 Å². The van der Waals surface area contributed by atoms with E-state index in [2.05, 4.69) is 15.6 Å². The van der Waals surface area contributed by atoms with Gasteiger partial charge in [-0.1, -0.05) is 11.3 Å². The van der Waals surface area contributed by atoms with Crippen LogP contribution in [0.1, 0.15) is 11.3 Å². The highest BCUT2D eigenvalue weighted by Gasteiger charge is 2.08. The van der Waals surface area contributed by atoms with E-state index >= 15 is 0 Å². The summed E-state index contributed by atoms with van der Waals surface area (Å²) in [7, 11) is 0. The normalized spacial score (nSPS) is 10.5. The molecule has 2 aromatic rings. The van der Waals surface area contributed by atoms with E-state index in [1.54, 1.807) is 19.2 Å². The van der Waals surface area contributed by atoms with Gasteiger partial charge in [-0.25, -0.2) is 9.07 Å². The molecule has 3 N–H and O–H groups in total. The molecular formula is C12H14FN5O. The van der Waals surface area contributed by atoms with Crippen LogP contribution in [-0.4, -0.2) is 20.9 Å². The van der Waals surface area contributed by atoms with E-state index in [0.29, 0.717) is 11.4 Å². The number of carbonyl (C=O) groups excluding carboxylic acids is 1. The van der Waals surface area contributed by atoms with Gasteiger partial charge in [-0.05, 0) is 24.6 Å². The van der Waals surface area contributed by atoms with Crippen LogP contribution in [0.3, 0.4) is 0 Å². The van der Waals surface area contributed by atoms with Crippen LogP contribution in [0.25, 0.3) is 0 Å². The van der Waals surface area contributed by atoms with Crippen LogP contribution < -0.4 is 11.1 Å². The molecule has 6 nitrogen and oxygen atoms in total. The second kappa shape index (κ2) is 5.57. The maximum atomic E-state index is 13.1. The molecule has 0 saturated heterocycles. The number of benzene rings is 1. The van der Waals surface area contributed by atoms with E-state index < -0.39 is 5.82 Å². The minimum atomic E-state index is -0.396. The molecule has 1 aromatic heterocycles. The first kappa shape index (κ1) is 13.2. The first-order valence-corrected chi connectivity index (χ1v) is 5.73. The third-order valence-electron chi connectivity index (χ3n) is 2.57. The van der Waals surface area contributed by atoms with Crippen molar-refractivity contribution in [3.63, 3.8) is 0 Å². The molecule has 1 amide bonds. The molecule has 0 fully saturated rings. The Labute approximate surface area is 109 Å². The average molecular weight is 263 g/mol. The Kier molecular flexibility index (Phi) is 3.86. The lowest BCUT2D eigenvalue weighted by molar-refractivity contribution is -0.116. The third-order valence-corrected chi connectivity index (χ3v) is 2.57. The van der Waals surface area contributed by atoms with Crippen LogP contribution >= 0.6 is 0 Å². The number of nitrogens with two attached hydrogens (primary N) is 1. The number of aromatic nitrogens is 3. The summed E-state index contributed by atoms with van der Waals surface area (Å²) in [6.45, 7) is 2.06. The quantitative estimate of drug-likeness (QED) is 0.855. The zero-order valence-electron chi connectivity index (χ0n) is 10.4. The number of carbonyl (C=O) groups is 1. The standard InChI is InChI=1S/C12H14FN5O/c1-8-2-3-9(13)4-11(8)15-12(19)7-18-6-10(5-14)16-17-18/h2-4,6H,5,7,14H2,1H3,(H,15,19). The van der Waals surface area contributed by atoms with E-state index in [0.717, 1.165) is 5.56 Å². The monoisotopic (exact) mass is 263 g/mol. The second-order valence-electron chi connectivity index (χ2n) is 4.12. The fourth-order valence-electron chi connectivity index (χ4n) is 1.58. The van der Waals surface area contributed by atoms with Gasteiger partial charge in [0.05, 0.1) is 11.9 Å². The molecule has 100 valence electrons. The average Bonchev–Trinajstić information content (AvgIpc) is 2.81. The van der Waals surface area contributed by atoms with Crippen LogP contribution in [0.2, 0.25) is 0 Å². The van der Waals surface area contributed by atoms with Crippen molar-refractivity contribution in [3.05, 3.63) is 41.5 Å². The molecule has 0 atom stereocenters. The van der Waals surface area contributed by atoms with Crippen LogP contribution in [0.5, 0.6) is 0 Å². The van der Waals surface area contributed by atoms with Crippen molar-refractivity contribution < 1.29 is 9.18 Å². The molecule has 0 saturated carbocycles. The molecule has 2 rings (SSSR count). The smallest absolute Gasteiger partial charge is 0.246 e. The van der Waals surface area contributed by atoms with Crippen molar-refractivity contribution in [3.8, 4) is 0 Å². The number of nitrogens with one attached hydrogen (secondary N) is 1. The number of nitrogens with zero attached hydrogens (tertiary/aromatic N) is 3. The Morgan fingerprint density at radius 3 is 3.00 bits per heavy atom. The summed E-state index contributed by atoms with van der Waals surface area (Å²) in [6.07, 6.45) is 1.60. The highest BCUT2D eigenvalue weighted by atomic mass is 19.1. The molecule has 0 bridgehead atoms. The Morgan fingerprint density at radius 1 is 1.53 bits per heavy atom. The maximum absolute atomic E-state index is 13.1. The molecule has 0 aliphatic rings. The molecule has 0 spiro atoms. The lowest BCUT2D eigenvalue weighted by atomic mass is 10.2. The van der Waals surface area contributed by atoms with Gasteiger partial charge in [0, 0.05) is 12.2 Å². The topological polar surface area (TPSA) is 85.8 Å². The Morgan fingerprint density at radius 2 is 2.32 bits per heavy atom. The summed E-state index contributed by atoms with van der Waals surface area (Å²) >= 11 is 0. The van der Waals surface area contributed by atoms with Crippen LogP contribution in [0, 0.1) is 12.7 Å². The van der Waals surface area contributed by atoms with Crippen molar-refractivity contribution in [2.24, 2.45) is 5.73 Å². The summed E-state index contributed by atoms with van der Waals surface area (Å²) in [6, 6.07) is 4.22. The van der Waals surface area contributed by atoms with E-state index in [-0.39, 0.29) is 19.0 Å². The number of hydrogen-bond donors (Lipinski definition) is 2. The molecular weight excluding hydrogens is 249 g/mol. The Bertz CT molecular complexity index is 596. The highest BCUT2D eigenvalue weighted by molar-refractivity contribution is 5.91. The Hall–Kier alpha value is -2.28. The summed E-state index contributed by atoms with van der Waals surface area (Å²) < 4.78 is 14.5. The lowest BCUT2D eigenvalue weighted by Crippen LogP contribution is -2.19. The van der Waals surface area contributed by atoms with E-state index in [1.165, 1.54) is 16.8 Å². The van der Waals surface area contributed by atoms with Crippen LogP contribution in [0.15, 0.2) is 24.4 Å². The first-order valence-electron chi connectivity index (χ1n) is 5.73. The highest BCUT2D eigenvalue weighted by Crippen LogP contribution is 2.15. The minimum Gasteiger partial charge on any atom is -0.325 e. The van der Waals surface area contributed by atoms with Gasteiger partial charge in [-0.15, -0.1) is 5.10 Å². The number of rotatable bonds is 4. The van der Waals surface area contributed by atoms with Gasteiger partial charge < -0.3 is 11.1 Å². The van der Waals surface area contributed by atoms with Gasteiger partial charge in [0.1, 0.15) is 12.4 Å². The fraction of sp³-hybridized carbons (Fsp3) is 0.250. The second-order valence-corrected chi connectivity index (χ2v) is 4.12. The molecule has 0 unspecified atom stereocenters. The van der Waals surface area contributed by atoms with Crippen molar-refractivity contribution in [2.75, 3.05) is 5.32 Å². The Balaban J connectivity index is 2.03. The molecule has 0 aliphatic heterocycles. The van der Waals surface area contributed by atoms with Gasteiger partial charge >= 0.3 is 0 Å². The van der Waals surface area contributed by atoms with E-state index in [9.17, 15) is 9.18 Å². The third kappa shape index (κ3) is 3.35. The summed E-state index contributed by atoms with van der Waals surface area (Å²) in [5.41, 5.74) is 7.24. The molecule has 7 heteroatoms. The lowest BCUT2D eigenvalue weighted by Gasteiger charge is -2.08. The number of aryl methyl sites for hydroxylation is 1. The van der Waals surface area contributed by atoms with Crippen LogP contribution in [-0.2, 0) is 17.9 Å². The number of amides is 1. The molecule has 1 aromatic carbocycles. The molecule has 1 heterocycles. The van der Waals surface area contributed by atoms with Gasteiger partial charge in [0.15, 0.2) is 0 Å². The zero-order chi connectivity index (χ0) is 13.8. The van der Waals surface area contributed by atoms with Gasteiger partial charge in [-0.3, -0.25) is 4.79 Å². The zero-order valence-corrected chi connectivity index (χ0v) is 10.4. The largest absolute Gasteiger partial charge is 0.325 e. The summed E-state index contributed by atoms with van der Waals surface area (Å²) in [4.78, 5) is 11.8. The maximum Gasteiger partial charge on any atom is 0.246 e. The summed E-state index contributed by atoms with van der Waals surface area (Å²) in [5, 5.41) is 10.2. The molecule has 0 radical (unpaired) electrons. The van der Waals surface area contributed by atoms with Crippen molar-refractivity contribution in [2.45, 2.75) is 20.0 Å². The van der Waals surface area contributed by atoms with Gasteiger partial charge in [-0.2, -0.15) is 0 Å².